The molecule has 2 aromatic carbocycles. The maximum atomic E-state index is 13.2. The Kier molecular flexibility index (Phi) is 7.15. The van der Waals surface area contributed by atoms with Gasteiger partial charge in [0.25, 0.3) is 5.91 Å². The number of hydrogen-bond acceptors (Lipinski definition) is 7. The van der Waals surface area contributed by atoms with E-state index in [1.165, 1.54) is 54.5 Å². The Morgan fingerprint density at radius 2 is 1.74 bits per heavy atom. The van der Waals surface area contributed by atoms with Gasteiger partial charge in [0.1, 0.15) is 6.04 Å². The highest BCUT2D eigenvalue weighted by molar-refractivity contribution is 7.90. The van der Waals surface area contributed by atoms with Gasteiger partial charge in [0.05, 0.1) is 28.5 Å². The number of aromatic nitrogens is 2. The molecule has 1 N–H and O–H groups in total. The van der Waals surface area contributed by atoms with Crippen LogP contribution in [-0.2, 0) is 38.7 Å². The summed E-state index contributed by atoms with van der Waals surface area (Å²) in [5.74, 6) is -0.577. The largest absolute Gasteiger partial charge is 0.416 e. The van der Waals surface area contributed by atoms with Crippen LogP contribution >= 0.6 is 0 Å². The second kappa shape index (κ2) is 10.0. The zero-order valence-corrected chi connectivity index (χ0v) is 21.5. The van der Waals surface area contributed by atoms with Gasteiger partial charge in [-0.1, -0.05) is 18.2 Å². The quantitative estimate of drug-likeness (QED) is 0.502. The Morgan fingerprint density at radius 1 is 1.11 bits per heavy atom. The van der Waals surface area contributed by atoms with Gasteiger partial charge in [0, 0.05) is 33.3 Å². The smallest absolute Gasteiger partial charge is 0.340 e. The van der Waals surface area contributed by atoms with Crippen molar-refractivity contribution in [2.75, 3.05) is 23.5 Å². The van der Waals surface area contributed by atoms with Crippen LogP contribution in [0, 0.1) is 0 Å². The minimum atomic E-state index is -4.41. The summed E-state index contributed by atoms with van der Waals surface area (Å²) >= 11 is 0. The van der Waals surface area contributed by atoms with Crippen LogP contribution in [0.1, 0.15) is 35.2 Å². The van der Waals surface area contributed by atoms with Crippen LogP contribution < -0.4 is 10.2 Å². The van der Waals surface area contributed by atoms with Crippen LogP contribution in [-0.4, -0.2) is 48.4 Å². The van der Waals surface area contributed by atoms with Crippen molar-refractivity contribution in [1.29, 1.82) is 0 Å². The van der Waals surface area contributed by atoms with Crippen molar-refractivity contribution in [3.05, 3.63) is 77.1 Å². The highest BCUT2D eigenvalue weighted by Gasteiger charge is 2.38. The fraction of sp³-hybridized carbons (Fsp3) is 0.280. The van der Waals surface area contributed by atoms with Crippen molar-refractivity contribution in [2.45, 2.75) is 37.1 Å². The Balaban J connectivity index is 1.46. The summed E-state index contributed by atoms with van der Waals surface area (Å²) in [6.07, 6.45) is -0.565. The standard InChI is InChI=1S/C25H24F3N5O4S/c1-15(34)33-14-17-10-20(38(3,36)37)8-9-21(17)22(33)23(35)31-19-11-29-24(30-12-19)32(2)13-16-4-6-18(7-5-16)25(26,27)28/h4-12,22H,13-14H2,1-3H3,(H,31,35)/t22-/m1/s1. The van der Waals surface area contributed by atoms with Crippen LogP contribution in [0.4, 0.5) is 24.8 Å². The fourth-order valence-electron chi connectivity index (χ4n) is 4.17. The average Bonchev–Trinajstić information content (AvgIpc) is 3.23. The van der Waals surface area contributed by atoms with Gasteiger partial charge in [-0.15, -0.1) is 0 Å². The van der Waals surface area contributed by atoms with E-state index in [-0.39, 0.29) is 35.5 Å². The molecule has 2 amide bonds. The molecular formula is C25H24F3N5O4S. The molecule has 0 radical (unpaired) electrons. The fourth-order valence-corrected chi connectivity index (χ4v) is 4.84. The van der Waals surface area contributed by atoms with Crippen LogP contribution in [0.3, 0.4) is 0 Å². The summed E-state index contributed by atoms with van der Waals surface area (Å²) in [4.78, 5) is 36.9. The van der Waals surface area contributed by atoms with Crippen molar-refractivity contribution in [1.82, 2.24) is 14.9 Å². The summed E-state index contributed by atoms with van der Waals surface area (Å²) < 4.78 is 62.1. The van der Waals surface area contributed by atoms with Crippen LogP contribution in [0.5, 0.6) is 0 Å². The van der Waals surface area contributed by atoms with Crippen molar-refractivity contribution >= 4 is 33.3 Å². The van der Waals surface area contributed by atoms with E-state index in [0.29, 0.717) is 16.7 Å². The van der Waals surface area contributed by atoms with Crippen molar-refractivity contribution < 1.29 is 31.2 Å². The van der Waals surface area contributed by atoms with E-state index >= 15 is 0 Å². The SMILES string of the molecule is CC(=O)N1Cc2cc(S(C)(=O)=O)ccc2[C@@H]1C(=O)Nc1cnc(N(C)Cc2ccc(C(F)(F)F)cc2)nc1. The molecule has 0 saturated carbocycles. The lowest BCUT2D eigenvalue weighted by molar-refractivity contribution is -0.137. The number of halogens is 3. The van der Waals surface area contributed by atoms with Gasteiger partial charge in [-0.05, 0) is 41.0 Å². The summed E-state index contributed by atoms with van der Waals surface area (Å²) in [7, 11) is -1.78. The maximum absolute atomic E-state index is 13.2. The number of carbonyl (C=O) groups is 2. The second-order valence-corrected chi connectivity index (χ2v) is 11.0. The Hall–Kier alpha value is -4.00. The van der Waals surface area contributed by atoms with E-state index in [1.807, 2.05) is 0 Å². The molecule has 200 valence electrons. The van der Waals surface area contributed by atoms with Crippen LogP contribution in [0.2, 0.25) is 0 Å². The van der Waals surface area contributed by atoms with Crippen molar-refractivity contribution in [3.8, 4) is 0 Å². The van der Waals surface area contributed by atoms with Crippen molar-refractivity contribution in [2.24, 2.45) is 0 Å². The highest BCUT2D eigenvalue weighted by Crippen LogP contribution is 2.36. The second-order valence-electron chi connectivity index (χ2n) is 8.99. The van der Waals surface area contributed by atoms with Gasteiger partial charge >= 0.3 is 6.18 Å². The lowest BCUT2D eigenvalue weighted by atomic mass is 10.0. The molecule has 13 heteroatoms. The first-order chi connectivity index (χ1) is 17.7. The van der Waals surface area contributed by atoms with Gasteiger partial charge < -0.3 is 15.1 Å². The number of nitrogens with one attached hydrogen (secondary N) is 1. The van der Waals surface area contributed by atoms with Gasteiger partial charge in [0.15, 0.2) is 9.84 Å². The zero-order chi connectivity index (χ0) is 27.8. The number of nitrogens with zero attached hydrogens (tertiary/aromatic N) is 4. The molecule has 1 aliphatic rings. The van der Waals surface area contributed by atoms with E-state index in [1.54, 1.807) is 11.9 Å². The molecule has 38 heavy (non-hydrogen) atoms. The number of alkyl halides is 3. The molecule has 4 rings (SSSR count). The van der Waals surface area contributed by atoms with E-state index in [4.69, 9.17) is 0 Å². The first kappa shape index (κ1) is 27.0. The predicted octanol–water partition coefficient (Wildman–Crippen LogP) is 3.58. The number of amides is 2. The number of rotatable bonds is 6. The molecule has 3 aromatic rings. The zero-order valence-electron chi connectivity index (χ0n) is 20.7. The van der Waals surface area contributed by atoms with Crippen LogP contribution in [0.15, 0.2) is 59.8 Å². The van der Waals surface area contributed by atoms with Gasteiger partial charge in [0.2, 0.25) is 11.9 Å². The predicted molar refractivity (Wildman–Crippen MR) is 133 cm³/mol. The van der Waals surface area contributed by atoms with E-state index in [2.05, 4.69) is 15.3 Å². The number of carbonyl (C=O) groups excluding carboxylic acids is 2. The third-order valence-electron chi connectivity index (χ3n) is 6.09. The van der Waals surface area contributed by atoms with Crippen molar-refractivity contribution in [3.63, 3.8) is 0 Å². The first-order valence-corrected chi connectivity index (χ1v) is 13.2. The molecule has 0 spiro atoms. The van der Waals surface area contributed by atoms with Gasteiger partial charge in [-0.25, -0.2) is 18.4 Å². The molecule has 0 saturated heterocycles. The summed E-state index contributed by atoms with van der Waals surface area (Å²) in [6.45, 7) is 1.68. The Bertz CT molecular complexity index is 1480. The summed E-state index contributed by atoms with van der Waals surface area (Å²) in [6, 6.07) is 8.24. The minimum absolute atomic E-state index is 0.0935. The molecule has 0 fully saturated rings. The number of anilines is 2. The van der Waals surface area contributed by atoms with E-state index in [9.17, 15) is 31.2 Å². The van der Waals surface area contributed by atoms with Gasteiger partial charge in [-0.3, -0.25) is 9.59 Å². The molecule has 1 atom stereocenters. The monoisotopic (exact) mass is 547 g/mol. The lowest BCUT2D eigenvalue weighted by Crippen LogP contribution is -2.35. The summed E-state index contributed by atoms with van der Waals surface area (Å²) in [5.41, 5.74) is 1.26. The van der Waals surface area contributed by atoms with E-state index < -0.39 is 33.5 Å². The molecule has 9 nitrogen and oxygen atoms in total. The third kappa shape index (κ3) is 5.77. The number of sulfone groups is 1. The first-order valence-electron chi connectivity index (χ1n) is 11.3. The topological polar surface area (TPSA) is 113 Å². The number of fused-ring (bicyclic) bond motifs is 1. The molecule has 0 unspecified atom stereocenters. The average molecular weight is 548 g/mol. The molecule has 1 aromatic heterocycles. The van der Waals surface area contributed by atoms with Crippen LogP contribution in [0.25, 0.3) is 0 Å². The molecule has 0 aliphatic carbocycles. The normalized spacial score (nSPS) is 15.2. The maximum Gasteiger partial charge on any atom is 0.416 e. The molecule has 2 heterocycles. The minimum Gasteiger partial charge on any atom is -0.340 e. The highest BCUT2D eigenvalue weighted by atomic mass is 32.2. The van der Waals surface area contributed by atoms with E-state index in [0.717, 1.165) is 18.4 Å². The summed E-state index contributed by atoms with van der Waals surface area (Å²) in [5, 5.41) is 2.69. The lowest BCUT2D eigenvalue weighted by Gasteiger charge is -2.23. The van der Waals surface area contributed by atoms with Gasteiger partial charge in [-0.2, -0.15) is 13.2 Å². The number of benzene rings is 2. The Morgan fingerprint density at radius 3 is 2.29 bits per heavy atom. The Labute approximate surface area is 217 Å². The molecular weight excluding hydrogens is 523 g/mol. The molecule has 1 aliphatic heterocycles. The third-order valence-corrected chi connectivity index (χ3v) is 7.20. The molecule has 0 bridgehead atoms. The number of hydrogen-bond donors (Lipinski definition) is 1.